The Morgan fingerprint density at radius 1 is 1.04 bits per heavy atom. The molecule has 0 spiro atoms. The first-order chi connectivity index (χ1) is 11.9. The summed E-state index contributed by atoms with van der Waals surface area (Å²) in [5, 5.41) is 6.69. The number of amides is 1. The van der Waals surface area contributed by atoms with Crippen LogP contribution in [0.15, 0.2) is 67.0 Å². The molecule has 3 rings (SSSR count). The number of anilines is 1. The van der Waals surface area contributed by atoms with Crippen LogP contribution >= 0.6 is 0 Å². The second kappa shape index (κ2) is 6.68. The molecule has 2 aromatic carbocycles. The van der Waals surface area contributed by atoms with Crippen LogP contribution in [0.5, 0.6) is 5.75 Å². The maximum atomic E-state index is 12.2. The monoisotopic (exact) mass is 347 g/mol. The normalized spacial score (nSPS) is 11.2. The molecule has 5 nitrogen and oxygen atoms in total. The van der Waals surface area contributed by atoms with E-state index in [-0.39, 0.29) is 11.7 Å². The summed E-state index contributed by atoms with van der Waals surface area (Å²) in [7, 11) is 0. The number of alkyl halides is 3. The summed E-state index contributed by atoms with van der Waals surface area (Å²) in [6.07, 6.45) is -1.33. The summed E-state index contributed by atoms with van der Waals surface area (Å²) in [6.45, 7) is 0. The first-order valence-electron chi connectivity index (χ1n) is 7.18. The van der Waals surface area contributed by atoms with Gasteiger partial charge in [-0.2, -0.15) is 5.10 Å². The minimum Gasteiger partial charge on any atom is -0.406 e. The lowest BCUT2D eigenvalue weighted by Gasteiger charge is -2.10. The zero-order valence-electron chi connectivity index (χ0n) is 12.7. The van der Waals surface area contributed by atoms with Crippen LogP contribution in [0.4, 0.5) is 18.9 Å². The molecule has 25 heavy (non-hydrogen) atoms. The van der Waals surface area contributed by atoms with E-state index in [1.165, 1.54) is 12.1 Å². The average molecular weight is 347 g/mol. The Balaban J connectivity index is 1.66. The highest BCUT2D eigenvalue weighted by molar-refractivity contribution is 6.04. The van der Waals surface area contributed by atoms with Gasteiger partial charge in [0.1, 0.15) is 5.75 Å². The summed E-state index contributed by atoms with van der Waals surface area (Å²) < 4.78 is 41.8. The molecule has 1 N–H and O–H groups in total. The van der Waals surface area contributed by atoms with Gasteiger partial charge < -0.3 is 10.1 Å². The van der Waals surface area contributed by atoms with E-state index in [9.17, 15) is 18.0 Å². The lowest BCUT2D eigenvalue weighted by molar-refractivity contribution is -0.274. The fraction of sp³-hybridized carbons (Fsp3) is 0.0588. The number of halogens is 3. The number of nitrogens with zero attached hydrogens (tertiary/aromatic N) is 2. The summed E-state index contributed by atoms with van der Waals surface area (Å²) in [5.41, 5.74) is 1.57. The molecule has 0 atom stereocenters. The molecule has 0 bridgehead atoms. The van der Waals surface area contributed by atoms with E-state index in [1.54, 1.807) is 47.4 Å². The van der Waals surface area contributed by atoms with E-state index in [4.69, 9.17) is 0 Å². The Hall–Kier alpha value is -3.29. The Bertz CT molecular complexity index is 842. The molecule has 1 aromatic heterocycles. The third-order valence-electron chi connectivity index (χ3n) is 3.24. The highest BCUT2D eigenvalue weighted by Crippen LogP contribution is 2.24. The molecule has 0 unspecified atom stereocenters. The minimum atomic E-state index is -4.75. The van der Waals surface area contributed by atoms with Crippen LogP contribution in [0.2, 0.25) is 0 Å². The van der Waals surface area contributed by atoms with Gasteiger partial charge in [0.15, 0.2) is 0 Å². The lowest BCUT2D eigenvalue weighted by Crippen LogP contribution is -2.17. The van der Waals surface area contributed by atoms with Crippen molar-refractivity contribution in [2.45, 2.75) is 6.36 Å². The maximum absolute atomic E-state index is 12.2. The quantitative estimate of drug-likeness (QED) is 0.775. The number of carbonyl (C=O) groups excluding carboxylic acids is 1. The van der Waals surface area contributed by atoms with Gasteiger partial charge >= 0.3 is 6.36 Å². The number of carbonyl (C=O) groups is 1. The smallest absolute Gasteiger partial charge is 0.406 e. The maximum Gasteiger partial charge on any atom is 0.573 e. The molecule has 0 saturated heterocycles. The second-order valence-corrected chi connectivity index (χ2v) is 5.02. The molecular formula is C17H12F3N3O2. The van der Waals surface area contributed by atoms with Gasteiger partial charge in [-0.1, -0.05) is 0 Å². The molecule has 0 aliphatic heterocycles. The summed E-state index contributed by atoms with van der Waals surface area (Å²) in [4.78, 5) is 12.2. The number of rotatable bonds is 4. The number of aromatic nitrogens is 2. The Kier molecular flexibility index (Phi) is 4.42. The molecule has 0 aliphatic rings. The van der Waals surface area contributed by atoms with E-state index < -0.39 is 6.36 Å². The SMILES string of the molecule is O=C(Nc1ccc(OC(F)(F)F)cc1)c1ccc(-n2cccn2)cc1. The number of benzene rings is 2. The van der Waals surface area contributed by atoms with Crippen molar-refractivity contribution in [3.05, 3.63) is 72.6 Å². The topological polar surface area (TPSA) is 56.1 Å². The van der Waals surface area contributed by atoms with Gasteiger partial charge in [0, 0.05) is 23.6 Å². The molecule has 1 amide bonds. The minimum absolute atomic E-state index is 0.353. The Morgan fingerprint density at radius 3 is 2.28 bits per heavy atom. The van der Waals surface area contributed by atoms with Gasteiger partial charge in [-0.15, -0.1) is 13.2 Å². The first kappa shape index (κ1) is 16.6. The van der Waals surface area contributed by atoms with Crippen LogP contribution in [0.3, 0.4) is 0 Å². The van der Waals surface area contributed by atoms with E-state index in [1.807, 2.05) is 0 Å². The van der Waals surface area contributed by atoms with Crippen LogP contribution in [-0.4, -0.2) is 22.1 Å². The Morgan fingerprint density at radius 2 is 1.72 bits per heavy atom. The van der Waals surface area contributed by atoms with E-state index in [2.05, 4.69) is 15.2 Å². The van der Waals surface area contributed by atoms with Gasteiger partial charge in [-0.3, -0.25) is 4.79 Å². The summed E-state index contributed by atoms with van der Waals surface area (Å²) >= 11 is 0. The van der Waals surface area contributed by atoms with Crippen molar-refractivity contribution < 1.29 is 22.7 Å². The van der Waals surface area contributed by atoms with Gasteiger partial charge in [-0.25, -0.2) is 4.68 Å². The number of hydrogen-bond acceptors (Lipinski definition) is 3. The van der Waals surface area contributed by atoms with Gasteiger partial charge in [-0.05, 0) is 54.6 Å². The molecule has 1 heterocycles. The van der Waals surface area contributed by atoms with Crippen molar-refractivity contribution in [2.24, 2.45) is 0 Å². The molecule has 0 fully saturated rings. The van der Waals surface area contributed by atoms with Crippen molar-refractivity contribution in [3.63, 3.8) is 0 Å². The van der Waals surface area contributed by atoms with Gasteiger partial charge in [0.05, 0.1) is 5.69 Å². The van der Waals surface area contributed by atoms with Crippen molar-refractivity contribution in [1.82, 2.24) is 9.78 Å². The van der Waals surface area contributed by atoms with Crippen LogP contribution in [-0.2, 0) is 0 Å². The molecule has 3 aromatic rings. The largest absolute Gasteiger partial charge is 0.573 e. The van der Waals surface area contributed by atoms with Crippen molar-refractivity contribution in [3.8, 4) is 11.4 Å². The van der Waals surface area contributed by atoms with Crippen molar-refractivity contribution in [1.29, 1.82) is 0 Å². The molecule has 0 radical (unpaired) electrons. The van der Waals surface area contributed by atoms with Crippen molar-refractivity contribution >= 4 is 11.6 Å². The predicted molar refractivity (Wildman–Crippen MR) is 84.6 cm³/mol. The summed E-state index contributed by atoms with van der Waals surface area (Å²) in [6, 6.07) is 13.4. The number of ether oxygens (including phenoxy) is 1. The van der Waals surface area contributed by atoms with Gasteiger partial charge in [0.25, 0.3) is 5.91 Å². The van der Waals surface area contributed by atoms with E-state index in [0.29, 0.717) is 11.3 Å². The molecule has 0 aliphatic carbocycles. The van der Waals surface area contributed by atoms with E-state index >= 15 is 0 Å². The van der Waals surface area contributed by atoms with Gasteiger partial charge in [0.2, 0.25) is 0 Å². The third kappa shape index (κ3) is 4.37. The standard InChI is InChI=1S/C17H12F3N3O2/c18-17(19,20)25-15-8-4-13(5-9-15)22-16(24)12-2-6-14(7-3-12)23-11-1-10-21-23/h1-11H,(H,22,24). The van der Waals surface area contributed by atoms with Crippen LogP contribution in [0.1, 0.15) is 10.4 Å². The molecule has 0 saturated carbocycles. The van der Waals surface area contributed by atoms with Crippen LogP contribution in [0.25, 0.3) is 5.69 Å². The zero-order chi connectivity index (χ0) is 17.9. The molecular weight excluding hydrogens is 335 g/mol. The first-order valence-corrected chi connectivity index (χ1v) is 7.18. The second-order valence-electron chi connectivity index (χ2n) is 5.02. The average Bonchev–Trinajstić information content (AvgIpc) is 3.10. The van der Waals surface area contributed by atoms with Crippen molar-refractivity contribution in [2.75, 3.05) is 5.32 Å². The molecule has 128 valence electrons. The van der Waals surface area contributed by atoms with E-state index in [0.717, 1.165) is 17.8 Å². The fourth-order valence-corrected chi connectivity index (χ4v) is 2.13. The van der Waals surface area contributed by atoms with Crippen LogP contribution in [0, 0.1) is 0 Å². The highest BCUT2D eigenvalue weighted by Gasteiger charge is 2.30. The fourth-order valence-electron chi connectivity index (χ4n) is 2.13. The zero-order valence-corrected chi connectivity index (χ0v) is 12.7. The number of nitrogens with one attached hydrogen (secondary N) is 1. The Labute approximate surface area is 140 Å². The summed E-state index contributed by atoms with van der Waals surface area (Å²) in [5.74, 6) is -0.731. The number of hydrogen-bond donors (Lipinski definition) is 1. The lowest BCUT2D eigenvalue weighted by atomic mass is 10.2. The molecule has 8 heteroatoms. The highest BCUT2D eigenvalue weighted by atomic mass is 19.4. The predicted octanol–water partition coefficient (Wildman–Crippen LogP) is 4.02. The third-order valence-corrected chi connectivity index (χ3v) is 3.24. The van der Waals surface area contributed by atoms with Crippen LogP contribution < -0.4 is 10.1 Å².